The average Bonchev–Trinajstić information content (AvgIpc) is 2.99. The number of likely N-dealkylation sites (tertiary alicyclic amines) is 1. The van der Waals surface area contributed by atoms with Gasteiger partial charge in [0.2, 0.25) is 0 Å². The molecule has 1 aromatic heterocycles. The fourth-order valence-electron chi connectivity index (χ4n) is 3.61. The molecule has 1 fully saturated rings. The first kappa shape index (κ1) is 21.5. The van der Waals surface area contributed by atoms with Gasteiger partial charge in [0.25, 0.3) is 11.7 Å². The van der Waals surface area contributed by atoms with Gasteiger partial charge in [-0.05, 0) is 57.7 Å². The van der Waals surface area contributed by atoms with E-state index in [1.165, 1.54) is 4.90 Å². The van der Waals surface area contributed by atoms with E-state index >= 15 is 0 Å². The molecule has 0 unspecified atom stereocenters. The molecule has 1 aliphatic rings. The minimum absolute atomic E-state index is 0.0755. The molecule has 0 spiro atoms. The molecule has 2 aromatic rings. The monoisotopic (exact) mass is 409 g/mol. The molecule has 1 aromatic carbocycles. The van der Waals surface area contributed by atoms with Gasteiger partial charge in [-0.3, -0.25) is 14.6 Å². The number of amides is 1. The Labute approximate surface area is 176 Å². The molecule has 30 heavy (non-hydrogen) atoms. The Balaban J connectivity index is 2.06. The number of rotatable bonds is 8. The average molecular weight is 409 g/mol. The van der Waals surface area contributed by atoms with E-state index in [2.05, 4.69) is 4.98 Å². The topological polar surface area (TPSA) is 83.0 Å². The molecule has 158 valence electrons. The van der Waals surface area contributed by atoms with Crippen molar-refractivity contribution in [2.24, 2.45) is 0 Å². The van der Waals surface area contributed by atoms with Crippen LogP contribution in [-0.2, 0) is 9.59 Å². The Morgan fingerprint density at radius 2 is 2.03 bits per heavy atom. The van der Waals surface area contributed by atoms with Crippen LogP contribution in [0.1, 0.15) is 30.5 Å². The van der Waals surface area contributed by atoms with Gasteiger partial charge in [-0.15, -0.1) is 0 Å². The smallest absolute Gasteiger partial charge is 0.295 e. The highest BCUT2D eigenvalue weighted by molar-refractivity contribution is 6.46. The molecule has 1 aliphatic heterocycles. The van der Waals surface area contributed by atoms with Crippen molar-refractivity contribution in [3.8, 4) is 5.75 Å². The number of hydrogen-bond acceptors (Lipinski definition) is 6. The van der Waals surface area contributed by atoms with Crippen LogP contribution >= 0.6 is 0 Å². The first-order valence-electron chi connectivity index (χ1n) is 10.00. The van der Waals surface area contributed by atoms with Crippen molar-refractivity contribution in [2.75, 3.05) is 33.8 Å². The number of benzene rings is 1. The summed E-state index contributed by atoms with van der Waals surface area (Å²) in [6.07, 6.45) is 3.96. The van der Waals surface area contributed by atoms with Crippen LogP contribution in [0.2, 0.25) is 0 Å². The lowest BCUT2D eigenvalue weighted by Crippen LogP contribution is -2.32. The number of aliphatic hydroxyl groups excluding tert-OH is 1. The molecule has 7 heteroatoms. The lowest BCUT2D eigenvalue weighted by atomic mass is 9.96. The van der Waals surface area contributed by atoms with E-state index in [4.69, 9.17) is 4.74 Å². The maximum absolute atomic E-state index is 13.0. The quantitative estimate of drug-likeness (QED) is 0.410. The SMILES string of the molecule is CCOc1cccc(C(O)=C2C(=O)C(=O)N(CCCN(C)C)[C@@H]2c2cccnc2)c1. The van der Waals surface area contributed by atoms with E-state index in [1.807, 2.05) is 32.0 Å². The Kier molecular flexibility index (Phi) is 6.84. The lowest BCUT2D eigenvalue weighted by Gasteiger charge is -2.25. The second-order valence-corrected chi connectivity index (χ2v) is 7.40. The molecule has 2 heterocycles. The molecule has 1 amide bonds. The molecule has 0 saturated carbocycles. The largest absolute Gasteiger partial charge is 0.507 e. The molecular formula is C23H27N3O4. The molecule has 3 rings (SSSR count). The number of pyridine rings is 1. The van der Waals surface area contributed by atoms with Gasteiger partial charge in [0.05, 0.1) is 18.2 Å². The van der Waals surface area contributed by atoms with Crippen LogP contribution < -0.4 is 4.74 Å². The zero-order valence-electron chi connectivity index (χ0n) is 17.5. The normalized spacial score (nSPS) is 18.3. The van der Waals surface area contributed by atoms with Gasteiger partial charge in [-0.25, -0.2) is 0 Å². The van der Waals surface area contributed by atoms with Crippen molar-refractivity contribution >= 4 is 17.4 Å². The van der Waals surface area contributed by atoms with Crippen molar-refractivity contribution in [1.29, 1.82) is 0 Å². The Bertz CT molecular complexity index is 940. The summed E-state index contributed by atoms with van der Waals surface area (Å²) in [4.78, 5) is 33.5. The third-order valence-corrected chi connectivity index (χ3v) is 4.96. The Hall–Kier alpha value is -3.19. The minimum atomic E-state index is -0.687. The summed E-state index contributed by atoms with van der Waals surface area (Å²) in [5.41, 5.74) is 1.19. The number of aromatic nitrogens is 1. The van der Waals surface area contributed by atoms with E-state index in [0.717, 1.165) is 6.54 Å². The summed E-state index contributed by atoms with van der Waals surface area (Å²) >= 11 is 0. The van der Waals surface area contributed by atoms with Gasteiger partial charge < -0.3 is 19.6 Å². The summed E-state index contributed by atoms with van der Waals surface area (Å²) in [5, 5.41) is 11.1. The van der Waals surface area contributed by atoms with Crippen molar-refractivity contribution in [3.63, 3.8) is 0 Å². The second-order valence-electron chi connectivity index (χ2n) is 7.40. The van der Waals surface area contributed by atoms with Crippen LogP contribution in [0.25, 0.3) is 5.76 Å². The number of Topliss-reactive ketones (excluding diaryl/α,β-unsaturated/α-hetero) is 1. The summed E-state index contributed by atoms with van der Waals surface area (Å²) < 4.78 is 5.50. The number of ketones is 1. The lowest BCUT2D eigenvalue weighted by molar-refractivity contribution is -0.139. The van der Waals surface area contributed by atoms with Gasteiger partial charge >= 0.3 is 0 Å². The van der Waals surface area contributed by atoms with E-state index in [1.54, 1.807) is 42.7 Å². The zero-order chi connectivity index (χ0) is 21.7. The highest BCUT2D eigenvalue weighted by Gasteiger charge is 2.45. The van der Waals surface area contributed by atoms with E-state index < -0.39 is 17.7 Å². The third kappa shape index (κ3) is 4.52. The van der Waals surface area contributed by atoms with Gasteiger partial charge in [0.15, 0.2) is 0 Å². The van der Waals surface area contributed by atoms with Crippen LogP contribution in [-0.4, -0.2) is 65.4 Å². The zero-order valence-corrected chi connectivity index (χ0v) is 17.5. The standard InChI is InChI=1S/C23H27N3O4/c1-4-30-18-10-5-8-16(14-18)21(27)19-20(17-9-6-11-24-15-17)26(23(29)22(19)28)13-7-12-25(2)3/h5-6,8-11,14-15,20,27H,4,7,12-13H2,1-3H3/t20-/m1/s1. The minimum Gasteiger partial charge on any atom is -0.507 e. The van der Waals surface area contributed by atoms with E-state index in [-0.39, 0.29) is 11.3 Å². The van der Waals surface area contributed by atoms with Gasteiger partial charge in [-0.1, -0.05) is 18.2 Å². The third-order valence-electron chi connectivity index (χ3n) is 4.96. The predicted octanol–water partition coefficient (Wildman–Crippen LogP) is 2.85. The number of carbonyl (C=O) groups is 2. The fourth-order valence-corrected chi connectivity index (χ4v) is 3.61. The van der Waals surface area contributed by atoms with Crippen LogP contribution in [0.4, 0.5) is 0 Å². The summed E-state index contributed by atoms with van der Waals surface area (Å²) in [6.45, 7) is 3.53. The molecule has 0 aliphatic carbocycles. The van der Waals surface area contributed by atoms with Crippen molar-refractivity contribution in [3.05, 3.63) is 65.5 Å². The number of nitrogens with zero attached hydrogens (tertiary/aromatic N) is 3. The number of carbonyl (C=O) groups excluding carboxylic acids is 2. The number of hydrogen-bond donors (Lipinski definition) is 1. The molecule has 1 N–H and O–H groups in total. The van der Waals surface area contributed by atoms with Crippen molar-refractivity contribution in [2.45, 2.75) is 19.4 Å². The summed E-state index contributed by atoms with van der Waals surface area (Å²) in [7, 11) is 3.91. The second kappa shape index (κ2) is 9.54. The molecule has 7 nitrogen and oxygen atoms in total. The number of aliphatic hydroxyl groups is 1. The number of ether oxygens (including phenoxy) is 1. The van der Waals surface area contributed by atoms with E-state index in [0.29, 0.717) is 36.4 Å². The van der Waals surface area contributed by atoms with Gasteiger partial charge in [0.1, 0.15) is 11.5 Å². The highest BCUT2D eigenvalue weighted by Crippen LogP contribution is 2.39. The predicted molar refractivity (Wildman–Crippen MR) is 114 cm³/mol. The Morgan fingerprint density at radius 1 is 1.23 bits per heavy atom. The van der Waals surface area contributed by atoms with Crippen molar-refractivity contribution in [1.82, 2.24) is 14.8 Å². The summed E-state index contributed by atoms with van der Waals surface area (Å²) in [6, 6.07) is 9.76. The van der Waals surface area contributed by atoms with Gasteiger partial charge in [0, 0.05) is 24.5 Å². The first-order valence-corrected chi connectivity index (χ1v) is 10.00. The van der Waals surface area contributed by atoms with Crippen LogP contribution in [0, 0.1) is 0 Å². The molecule has 1 atom stereocenters. The van der Waals surface area contributed by atoms with Crippen molar-refractivity contribution < 1.29 is 19.4 Å². The summed E-state index contributed by atoms with van der Waals surface area (Å²) in [5.74, 6) is -0.920. The molecule has 0 bridgehead atoms. The molecule has 0 radical (unpaired) electrons. The maximum Gasteiger partial charge on any atom is 0.295 e. The van der Waals surface area contributed by atoms with E-state index in [9.17, 15) is 14.7 Å². The molecular weight excluding hydrogens is 382 g/mol. The highest BCUT2D eigenvalue weighted by atomic mass is 16.5. The van der Waals surface area contributed by atoms with Gasteiger partial charge in [-0.2, -0.15) is 0 Å². The molecule has 1 saturated heterocycles. The maximum atomic E-state index is 13.0. The Morgan fingerprint density at radius 3 is 2.70 bits per heavy atom. The van der Waals surface area contributed by atoms with Crippen LogP contribution in [0.15, 0.2) is 54.4 Å². The fraction of sp³-hybridized carbons (Fsp3) is 0.348. The van der Waals surface area contributed by atoms with Crippen LogP contribution in [0.3, 0.4) is 0 Å². The first-order chi connectivity index (χ1) is 14.4. The van der Waals surface area contributed by atoms with Crippen LogP contribution in [0.5, 0.6) is 5.75 Å².